The lowest BCUT2D eigenvalue weighted by atomic mass is 9.79. The number of rotatable bonds is 3. The Kier molecular flexibility index (Phi) is 7.23. The lowest BCUT2D eigenvalue weighted by Crippen LogP contribution is -2.18. The van der Waals surface area contributed by atoms with E-state index in [0.29, 0.717) is 0 Å². The molecule has 4 nitrogen and oxygen atoms in total. The summed E-state index contributed by atoms with van der Waals surface area (Å²) in [5.41, 5.74) is 27.4. The molecule has 0 N–H and O–H groups in total. The normalized spacial score (nSPS) is 16.6. The topological polar surface area (TPSA) is 42.4 Å². The molecule has 332 valence electrons. The van der Waals surface area contributed by atoms with Crippen LogP contribution < -0.4 is 4.90 Å². The predicted molar refractivity (Wildman–Crippen MR) is 284 cm³/mol. The molecule has 69 heavy (non-hydrogen) atoms. The summed E-state index contributed by atoms with van der Waals surface area (Å²) in [6.45, 7) is 19.1. The summed E-state index contributed by atoms with van der Waals surface area (Å²) < 4.78 is 13.4. The summed E-state index contributed by atoms with van der Waals surface area (Å²) in [5.74, 6) is 0. The smallest absolute Gasteiger partial charge is 0.143 e. The fourth-order valence-electron chi connectivity index (χ4n) is 13.6. The number of hydrogen-bond donors (Lipinski definition) is 0. The van der Waals surface area contributed by atoms with E-state index in [-0.39, 0.29) is 21.7 Å². The van der Waals surface area contributed by atoms with Crippen molar-refractivity contribution in [1.82, 2.24) is 4.98 Å². The first-order valence-corrected chi connectivity index (χ1v) is 24.5. The van der Waals surface area contributed by atoms with Crippen molar-refractivity contribution in [3.05, 3.63) is 202 Å². The number of para-hydroxylation sites is 2. The third-order valence-corrected chi connectivity index (χ3v) is 17.4. The van der Waals surface area contributed by atoms with Crippen molar-refractivity contribution in [2.45, 2.75) is 77.0 Å². The Morgan fingerprint density at radius 3 is 1.19 bits per heavy atom. The highest BCUT2D eigenvalue weighted by molar-refractivity contribution is 6.13. The van der Waals surface area contributed by atoms with E-state index in [1.807, 2.05) is 12.4 Å². The maximum atomic E-state index is 6.71. The highest BCUT2D eigenvalue weighted by Gasteiger charge is 2.45. The molecule has 0 bridgehead atoms. The predicted octanol–water partition coefficient (Wildman–Crippen LogP) is 17.6. The molecule has 0 spiro atoms. The Morgan fingerprint density at radius 2 is 0.725 bits per heavy atom. The van der Waals surface area contributed by atoms with Crippen LogP contribution in [0.3, 0.4) is 0 Å². The number of benzene rings is 8. The molecule has 0 saturated heterocycles. The maximum Gasteiger partial charge on any atom is 0.143 e. The molecule has 11 aromatic rings. The minimum atomic E-state index is -0.253. The molecule has 0 amide bonds. The summed E-state index contributed by atoms with van der Waals surface area (Å²) >= 11 is 0. The Hall–Kier alpha value is -7.69. The van der Waals surface area contributed by atoms with Crippen LogP contribution in [0.2, 0.25) is 0 Å². The van der Waals surface area contributed by atoms with Crippen molar-refractivity contribution >= 4 is 60.9 Å². The second kappa shape index (κ2) is 12.7. The van der Waals surface area contributed by atoms with Crippen molar-refractivity contribution in [2.75, 3.05) is 4.90 Å². The van der Waals surface area contributed by atoms with E-state index in [0.717, 1.165) is 39.4 Å². The number of nitrogens with zero attached hydrogens (tertiary/aromatic N) is 2. The van der Waals surface area contributed by atoms with Crippen LogP contribution in [0.1, 0.15) is 99.9 Å². The van der Waals surface area contributed by atoms with Crippen molar-refractivity contribution in [2.24, 2.45) is 0 Å². The fourth-order valence-corrected chi connectivity index (χ4v) is 13.6. The molecule has 15 rings (SSSR count). The quantitative estimate of drug-likeness (QED) is 0.177. The molecular weight excluding hydrogens is 841 g/mol. The SMILES string of the molecule is CC1(C)c2cc(N(c3ccncc3)c3ccc4c(c3)C(C)(C)c3cc5c(cc3-4)C(C)(C)c3ccc4c(oc6ccccc64)c3-5)ccc2-c2cc3c(cc21)-c1c(ccc2c1oc1ccccc12)C3(C)C. The van der Waals surface area contributed by atoms with Gasteiger partial charge in [0.15, 0.2) is 0 Å². The van der Waals surface area contributed by atoms with Gasteiger partial charge < -0.3 is 13.7 Å². The number of fused-ring (bicyclic) bond motifs is 20. The Bertz CT molecular complexity index is 3890. The van der Waals surface area contributed by atoms with Crippen molar-refractivity contribution in [1.29, 1.82) is 0 Å². The maximum absolute atomic E-state index is 6.71. The fraction of sp³-hybridized carbons (Fsp3) is 0.185. The van der Waals surface area contributed by atoms with Crippen LogP contribution in [0.25, 0.3) is 88.4 Å². The monoisotopic (exact) mass is 890 g/mol. The molecule has 0 aliphatic heterocycles. The van der Waals surface area contributed by atoms with Crippen molar-refractivity contribution < 1.29 is 8.83 Å². The Balaban J connectivity index is 0.853. The van der Waals surface area contributed by atoms with E-state index in [1.54, 1.807) is 0 Å². The van der Waals surface area contributed by atoms with E-state index >= 15 is 0 Å². The van der Waals surface area contributed by atoms with Gasteiger partial charge in [0.1, 0.15) is 22.3 Å². The first kappa shape index (κ1) is 39.3. The first-order chi connectivity index (χ1) is 33.2. The summed E-state index contributed by atoms with van der Waals surface area (Å²) in [6.07, 6.45) is 3.81. The molecule has 3 aromatic heterocycles. The molecule has 0 radical (unpaired) electrons. The standard InChI is InChI=1S/C65H50N2O2/c1-62(2)48-23-21-42-40-13-9-11-15-56(40)68-60(42)58(48)46-33-52-44(31-54(46)62)38-19-17-36(29-50(38)64(52,5)6)67(35-25-27-66-28-26-35)37-18-20-39-45-32-55-47(34-53(45)65(7,8)51(39)30-37)59-49(63(55,3)4)24-22-43-41-14-10-12-16-57(41)69-61(43)59/h9-34H,1-8H3. The van der Waals surface area contributed by atoms with Crippen molar-refractivity contribution in [3.63, 3.8) is 0 Å². The number of anilines is 3. The van der Waals surface area contributed by atoms with Gasteiger partial charge in [0.05, 0.1) is 0 Å². The van der Waals surface area contributed by atoms with Gasteiger partial charge in [-0.3, -0.25) is 4.98 Å². The molecule has 8 aromatic carbocycles. The van der Waals surface area contributed by atoms with Crippen LogP contribution in [0.4, 0.5) is 17.1 Å². The molecule has 0 fully saturated rings. The zero-order chi connectivity index (χ0) is 46.7. The van der Waals surface area contributed by atoms with E-state index in [2.05, 4.69) is 211 Å². The molecule has 4 aliphatic rings. The van der Waals surface area contributed by atoms with E-state index in [1.165, 1.54) is 111 Å². The molecule has 0 atom stereocenters. The van der Waals surface area contributed by atoms with Crippen LogP contribution >= 0.6 is 0 Å². The van der Waals surface area contributed by atoms with Gasteiger partial charge in [-0.25, -0.2) is 0 Å². The highest BCUT2D eigenvalue weighted by Crippen LogP contribution is 2.61. The molecule has 4 heteroatoms. The number of pyridine rings is 1. The number of hydrogen-bond acceptors (Lipinski definition) is 4. The van der Waals surface area contributed by atoms with Gasteiger partial charge in [-0.2, -0.15) is 0 Å². The second-order valence-corrected chi connectivity index (χ2v) is 22.3. The zero-order valence-electron chi connectivity index (χ0n) is 40.2. The van der Waals surface area contributed by atoms with Gasteiger partial charge in [0.2, 0.25) is 0 Å². The third-order valence-electron chi connectivity index (χ3n) is 17.4. The minimum absolute atomic E-state index is 0.180. The lowest BCUT2D eigenvalue weighted by Gasteiger charge is -2.29. The largest absolute Gasteiger partial charge is 0.455 e. The second-order valence-electron chi connectivity index (χ2n) is 22.3. The zero-order valence-corrected chi connectivity index (χ0v) is 40.2. The van der Waals surface area contributed by atoms with E-state index < -0.39 is 0 Å². The van der Waals surface area contributed by atoms with Gasteiger partial charge in [0, 0.05) is 83.8 Å². The molecule has 4 aliphatic carbocycles. The van der Waals surface area contributed by atoms with Gasteiger partial charge in [-0.1, -0.05) is 128 Å². The lowest BCUT2D eigenvalue weighted by molar-refractivity contribution is 0.649. The highest BCUT2D eigenvalue weighted by atomic mass is 16.3. The van der Waals surface area contributed by atoms with Crippen LogP contribution in [0, 0.1) is 0 Å². The molecule has 0 unspecified atom stereocenters. The van der Waals surface area contributed by atoms with Crippen LogP contribution in [-0.4, -0.2) is 4.98 Å². The summed E-state index contributed by atoms with van der Waals surface area (Å²) in [4.78, 5) is 6.90. The van der Waals surface area contributed by atoms with Crippen LogP contribution in [0.15, 0.2) is 167 Å². The average Bonchev–Trinajstić information content (AvgIpc) is 4.13. The molecular formula is C65H50N2O2. The average molecular weight is 891 g/mol. The molecule has 0 saturated carbocycles. The Labute approximate surface area is 401 Å². The van der Waals surface area contributed by atoms with Crippen LogP contribution in [0.5, 0.6) is 0 Å². The van der Waals surface area contributed by atoms with E-state index in [9.17, 15) is 0 Å². The van der Waals surface area contributed by atoms with Gasteiger partial charge in [0.25, 0.3) is 0 Å². The third kappa shape index (κ3) is 4.82. The summed E-state index contributed by atoms with van der Waals surface area (Å²) in [5, 5.41) is 4.70. The van der Waals surface area contributed by atoms with E-state index in [4.69, 9.17) is 8.83 Å². The number of aromatic nitrogens is 1. The first-order valence-electron chi connectivity index (χ1n) is 24.5. The minimum Gasteiger partial charge on any atom is -0.455 e. The molecule has 3 heterocycles. The summed E-state index contributed by atoms with van der Waals surface area (Å²) in [6, 6.07) is 54.7. The number of furan rings is 2. The van der Waals surface area contributed by atoms with Crippen molar-refractivity contribution in [3.8, 4) is 44.5 Å². The van der Waals surface area contributed by atoms with Gasteiger partial charge >= 0.3 is 0 Å². The van der Waals surface area contributed by atoms with Gasteiger partial charge in [-0.05, 0) is 151 Å². The summed E-state index contributed by atoms with van der Waals surface area (Å²) in [7, 11) is 0. The Morgan fingerprint density at radius 1 is 0.333 bits per heavy atom. The van der Waals surface area contributed by atoms with Gasteiger partial charge in [-0.15, -0.1) is 0 Å². The van der Waals surface area contributed by atoms with Crippen LogP contribution in [-0.2, 0) is 21.7 Å².